The Hall–Kier alpha value is -4.15. The van der Waals surface area contributed by atoms with Crippen molar-refractivity contribution in [3.8, 4) is 5.75 Å². The summed E-state index contributed by atoms with van der Waals surface area (Å²) in [5, 5.41) is 0.500. The van der Waals surface area contributed by atoms with Gasteiger partial charge in [0, 0.05) is 18.2 Å². The van der Waals surface area contributed by atoms with Crippen molar-refractivity contribution >= 4 is 48.3 Å². The number of amides is 1. The number of ether oxygens (including phenoxy) is 1. The predicted molar refractivity (Wildman–Crippen MR) is 147 cm³/mol. The van der Waals surface area contributed by atoms with Crippen LogP contribution in [0.15, 0.2) is 94.4 Å². The first-order chi connectivity index (χ1) is 18.4. The fraction of sp³-hybridized carbons (Fsp3) is 0.143. The molecule has 0 fully saturated rings. The van der Waals surface area contributed by atoms with Crippen molar-refractivity contribution < 1.29 is 22.4 Å². The number of furan rings is 1. The summed E-state index contributed by atoms with van der Waals surface area (Å²) >= 11 is 1.38. The molecule has 0 aliphatic carbocycles. The maximum Gasteiger partial charge on any atom is 0.264 e. The van der Waals surface area contributed by atoms with Gasteiger partial charge < -0.3 is 9.15 Å². The molecular weight excluding hydrogens is 522 g/mol. The van der Waals surface area contributed by atoms with E-state index in [2.05, 4.69) is 4.98 Å². The second kappa shape index (κ2) is 9.62. The molecule has 0 spiro atoms. The number of carbonyl (C=O) groups excluding carboxylic acids is 1. The van der Waals surface area contributed by atoms with Gasteiger partial charge in [0.15, 0.2) is 5.13 Å². The summed E-state index contributed by atoms with van der Waals surface area (Å²) in [5.41, 5.74) is 2.76. The molecule has 38 heavy (non-hydrogen) atoms. The molecular formula is C28H23N3O5S2. The second-order valence-corrected chi connectivity index (χ2v) is 11.7. The number of hydrogen-bond acceptors (Lipinski definition) is 7. The minimum atomic E-state index is -3.76. The Morgan fingerprint density at radius 3 is 2.66 bits per heavy atom. The van der Waals surface area contributed by atoms with Crippen LogP contribution in [-0.4, -0.2) is 33.0 Å². The molecule has 3 aromatic carbocycles. The van der Waals surface area contributed by atoms with Crippen LogP contribution in [0.4, 0.5) is 10.8 Å². The van der Waals surface area contributed by atoms with Gasteiger partial charge in [-0.3, -0.25) is 14.0 Å². The van der Waals surface area contributed by atoms with E-state index in [-0.39, 0.29) is 17.3 Å². The lowest BCUT2D eigenvalue weighted by atomic mass is 10.2. The average Bonchev–Trinajstić information content (AvgIpc) is 3.70. The molecule has 192 valence electrons. The number of methoxy groups -OCH3 is 1. The molecule has 0 saturated carbocycles. The average molecular weight is 546 g/mol. The lowest BCUT2D eigenvalue weighted by Gasteiger charge is -2.21. The van der Waals surface area contributed by atoms with Crippen molar-refractivity contribution in [3.63, 3.8) is 0 Å². The third-order valence-electron chi connectivity index (χ3n) is 6.49. The third kappa shape index (κ3) is 4.31. The Morgan fingerprint density at radius 2 is 1.89 bits per heavy atom. The Labute approximate surface area is 223 Å². The van der Waals surface area contributed by atoms with Crippen LogP contribution >= 0.6 is 11.3 Å². The van der Waals surface area contributed by atoms with E-state index >= 15 is 0 Å². The number of rotatable bonds is 7. The van der Waals surface area contributed by atoms with E-state index < -0.39 is 10.0 Å². The van der Waals surface area contributed by atoms with Gasteiger partial charge in [-0.2, -0.15) is 0 Å². The molecule has 6 rings (SSSR count). The van der Waals surface area contributed by atoms with E-state index in [9.17, 15) is 13.2 Å². The van der Waals surface area contributed by atoms with Gasteiger partial charge in [-0.15, -0.1) is 0 Å². The number of carbonyl (C=O) groups is 1. The number of benzene rings is 3. The Morgan fingerprint density at radius 1 is 1.08 bits per heavy atom. The van der Waals surface area contributed by atoms with Gasteiger partial charge >= 0.3 is 0 Å². The van der Waals surface area contributed by atoms with Crippen molar-refractivity contribution in [2.45, 2.75) is 17.9 Å². The van der Waals surface area contributed by atoms with Crippen LogP contribution in [0.2, 0.25) is 0 Å². The van der Waals surface area contributed by atoms with E-state index in [1.807, 2.05) is 42.5 Å². The number of para-hydroxylation sites is 1. The summed E-state index contributed by atoms with van der Waals surface area (Å²) < 4.78 is 39.9. The van der Waals surface area contributed by atoms with Gasteiger partial charge in [0.1, 0.15) is 11.5 Å². The van der Waals surface area contributed by atoms with Crippen molar-refractivity contribution in [2.24, 2.45) is 0 Å². The van der Waals surface area contributed by atoms with Gasteiger partial charge in [0.25, 0.3) is 15.9 Å². The van der Waals surface area contributed by atoms with Crippen LogP contribution in [0.5, 0.6) is 5.75 Å². The van der Waals surface area contributed by atoms with Crippen LogP contribution in [0, 0.1) is 0 Å². The molecule has 1 aliphatic heterocycles. The smallest absolute Gasteiger partial charge is 0.264 e. The summed E-state index contributed by atoms with van der Waals surface area (Å²) in [4.78, 5) is 20.1. The van der Waals surface area contributed by atoms with Gasteiger partial charge in [0.05, 0.1) is 40.7 Å². The predicted octanol–water partition coefficient (Wildman–Crippen LogP) is 5.50. The molecule has 8 nitrogen and oxygen atoms in total. The lowest BCUT2D eigenvalue weighted by molar-refractivity contribution is 0.0983. The van der Waals surface area contributed by atoms with Gasteiger partial charge in [-0.1, -0.05) is 29.5 Å². The first kappa shape index (κ1) is 24.2. The zero-order chi connectivity index (χ0) is 26.3. The number of hydrogen-bond donors (Lipinski definition) is 0. The molecule has 5 aromatic rings. The number of sulfonamides is 1. The quantitative estimate of drug-likeness (QED) is 0.268. The second-order valence-electron chi connectivity index (χ2n) is 8.78. The lowest BCUT2D eigenvalue weighted by Crippen LogP contribution is -2.31. The molecule has 3 heterocycles. The number of aromatic nitrogens is 1. The highest BCUT2D eigenvalue weighted by molar-refractivity contribution is 7.92. The Kier molecular flexibility index (Phi) is 6.13. The van der Waals surface area contributed by atoms with E-state index in [0.29, 0.717) is 46.4 Å². The summed E-state index contributed by atoms with van der Waals surface area (Å²) in [6.45, 7) is 0.565. The van der Waals surface area contributed by atoms with Crippen molar-refractivity contribution in [1.82, 2.24) is 4.98 Å². The number of nitrogens with zero attached hydrogens (tertiary/aromatic N) is 3. The van der Waals surface area contributed by atoms with Crippen LogP contribution < -0.4 is 13.9 Å². The van der Waals surface area contributed by atoms with Gasteiger partial charge in [0.2, 0.25) is 0 Å². The fourth-order valence-corrected chi connectivity index (χ4v) is 6.98. The standard InChI is InChI=1S/C28H23N3O5S2/c1-35-21-10-13-26-24(17-21)29-28(37-26)30(18-22-6-4-16-36-22)27(32)20-8-11-23(12-9-20)38(33,34)31-15-14-19-5-2-3-7-25(19)31/h2-13,16-17H,14-15,18H2,1H3. The highest BCUT2D eigenvalue weighted by Gasteiger charge is 2.31. The molecule has 1 aliphatic rings. The summed E-state index contributed by atoms with van der Waals surface area (Å²) in [7, 11) is -2.17. The molecule has 1 amide bonds. The van der Waals surface area contributed by atoms with Crippen molar-refractivity contribution in [2.75, 3.05) is 22.9 Å². The van der Waals surface area contributed by atoms with Crippen LogP contribution in [-0.2, 0) is 23.0 Å². The third-order valence-corrected chi connectivity index (χ3v) is 9.37. The minimum Gasteiger partial charge on any atom is -0.497 e. The van der Waals surface area contributed by atoms with Crippen LogP contribution in [0.3, 0.4) is 0 Å². The first-order valence-electron chi connectivity index (χ1n) is 11.9. The molecule has 0 unspecified atom stereocenters. The Bertz CT molecular complexity index is 1730. The molecule has 0 atom stereocenters. The topological polar surface area (TPSA) is 92.9 Å². The van der Waals surface area contributed by atoms with E-state index in [0.717, 1.165) is 10.3 Å². The van der Waals surface area contributed by atoms with Gasteiger partial charge in [-0.05, 0) is 66.6 Å². The zero-order valence-corrected chi connectivity index (χ0v) is 22.0. The summed E-state index contributed by atoms with van der Waals surface area (Å²) in [5.74, 6) is 0.959. The highest BCUT2D eigenvalue weighted by Crippen LogP contribution is 2.34. The molecule has 2 aromatic heterocycles. The van der Waals surface area contributed by atoms with Crippen LogP contribution in [0.1, 0.15) is 21.7 Å². The largest absolute Gasteiger partial charge is 0.497 e. The normalized spacial score (nSPS) is 13.0. The maximum absolute atomic E-state index is 13.7. The van der Waals surface area contributed by atoms with Crippen molar-refractivity contribution in [3.05, 3.63) is 102 Å². The number of anilines is 2. The van der Waals surface area contributed by atoms with E-state index in [1.54, 1.807) is 37.6 Å². The summed E-state index contributed by atoms with van der Waals surface area (Å²) in [6, 6.07) is 22.7. The van der Waals surface area contributed by atoms with Crippen molar-refractivity contribution in [1.29, 1.82) is 0 Å². The zero-order valence-electron chi connectivity index (χ0n) is 20.4. The summed E-state index contributed by atoms with van der Waals surface area (Å²) in [6.07, 6.45) is 2.22. The molecule has 10 heteroatoms. The molecule has 0 radical (unpaired) electrons. The fourth-order valence-electron chi connectivity index (χ4n) is 4.53. The monoisotopic (exact) mass is 545 g/mol. The Balaban J connectivity index is 1.32. The van der Waals surface area contributed by atoms with E-state index in [4.69, 9.17) is 9.15 Å². The molecule has 0 bridgehead atoms. The minimum absolute atomic E-state index is 0.135. The van der Waals surface area contributed by atoms with E-state index in [1.165, 1.54) is 32.7 Å². The number of thiazole rings is 1. The number of fused-ring (bicyclic) bond motifs is 2. The van der Waals surface area contributed by atoms with Gasteiger partial charge in [-0.25, -0.2) is 13.4 Å². The first-order valence-corrected chi connectivity index (χ1v) is 14.2. The maximum atomic E-state index is 13.7. The molecule has 0 saturated heterocycles. The van der Waals surface area contributed by atoms with Crippen LogP contribution in [0.25, 0.3) is 10.2 Å². The molecule has 0 N–H and O–H groups in total. The highest BCUT2D eigenvalue weighted by atomic mass is 32.2. The SMILES string of the molecule is COc1ccc2sc(N(Cc3ccco3)C(=O)c3ccc(S(=O)(=O)N4CCc5ccccc54)cc3)nc2c1.